The van der Waals surface area contributed by atoms with Crippen LogP contribution in [0.3, 0.4) is 0 Å². The van der Waals surface area contributed by atoms with E-state index in [0.29, 0.717) is 34.8 Å². The molecule has 1 aliphatic rings. The lowest BCUT2D eigenvalue weighted by Crippen LogP contribution is -2.27. The van der Waals surface area contributed by atoms with Crippen LogP contribution in [0.15, 0.2) is 40.5 Å². The van der Waals surface area contributed by atoms with E-state index in [2.05, 4.69) is 15.5 Å². The highest BCUT2D eigenvalue weighted by molar-refractivity contribution is 8.04. The van der Waals surface area contributed by atoms with E-state index in [9.17, 15) is 9.59 Å². The molecule has 1 aliphatic heterocycles. The minimum absolute atomic E-state index is 0.0316. The molecule has 1 saturated heterocycles. The van der Waals surface area contributed by atoms with Crippen molar-refractivity contribution in [3.63, 3.8) is 0 Å². The van der Waals surface area contributed by atoms with Gasteiger partial charge in [-0.2, -0.15) is 4.68 Å². The van der Waals surface area contributed by atoms with Crippen LogP contribution in [0.2, 0.25) is 0 Å². The van der Waals surface area contributed by atoms with Gasteiger partial charge in [-0.05, 0) is 41.6 Å². The zero-order chi connectivity index (χ0) is 19.9. The standard InChI is InChI=1S/C17H19N5O4S2/c1-3-26-16(24)10-15-21(14(23)11-28-15)8-9-27-17-18-19-20-22(17)12-4-6-13(25-2)7-5-12/h4-7,10H,3,8-9,11H2,1-2H3/b15-10+. The highest BCUT2D eigenvalue weighted by atomic mass is 32.2. The molecular weight excluding hydrogens is 402 g/mol. The number of esters is 1. The molecular formula is C17H19N5O4S2. The Bertz CT molecular complexity index is 869. The highest BCUT2D eigenvalue weighted by Gasteiger charge is 2.27. The largest absolute Gasteiger partial charge is 0.497 e. The molecule has 0 saturated carbocycles. The number of rotatable bonds is 8. The quantitative estimate of drug-likeness (QED) is 0.358. The van der Waals surface area contributed by atoms with Crippen molar-refractivity contribution in [1.82, 2.24) is 25.1 Å². The van der Waals surface area contributed by atoms with Gasteiger partial charge in [-0.1, -0.05) is 23.5 Å². The Morgan fingerprint density at radius 1 is 1.36 bits per heavy atom. The minimum Gasteiger partial charge on any atom is -0.497 e. The second-order valence-electron chi connectivity index (χ2n) is 5.49. The molecule has 0 N–H and O–H groups in total. The van der Waals surface area contributed by atoms with E-state index in [4.69, 9.17) is 9.47 Å². The molecule has 148 valence electrons. The highest BCUT2D eigenvalue weighted by Crippen LogP contribution is 2.29. The average molecular weight is 422 g/mol. The molecule has 2 aromatic rings. The number of amides is 1. The predicted molar refractivity (Wildman–Crippen MR) is 105 cm³/mol. The smallest absolute Gasteiger partial charge is 0.333 e. The molecule has 0 aliphatic carbocycles. The summed E-state index contributed by atoms with van der Waals surface area (Å²) in [5.74, 6) is 1.16. The first-order valence-corrected chi connectivity index (χ1v) is 10.5. The topological polar surface area (TPSA) is 99.4 Å². The minimum atomic E-state index is -0.444. The van der Waals surface area contributed by atoms with Gasteiger partial charge in [0.25, 0.3) is 0 Å². The van der Waals surface area contributed by atoms with Gasteiger partial charge in [0.15, 0.2) is 0 Å². The molecule has 0 atom stereocenters. The van der Waals surface area contributed by atoms with E-state index >= 15 is 0 Å². The maximum absolute atomic E-state index is 12.1. The number of nitrogens with zero attached hydrogens (tertiary/aromatic N) is 5. The van der Waals surface area contributed by atoms with Crippen LogP contribution in [0, 0.1) is 0 Å². The summed E-state index contributed by atoms with van der Waals surface area (Å²) in [5, 5.41) is 13.0. The van der Waals surface area contributed by atoms with Gasteiger partial charge < -0.3 is 14.4 Å². The monoisotopic (exact) mass is 421 g/mol. The van der Waals surface area contributed by atoms with E-state index in [-0.39, 0.29) is 5.91 Å². The number of thioether (sulfide) groups is 2. The van der Waals surface area contributed by atoms with Crippen LogP contribution >= 0.6 is 23.5 Å². The van der Waals surface area contributed by atoms with E-state index in [1.54, 1.807) is 23.6 Å². The van der Waals surface area contributed by atoms with Crippen LogP contribution < -0.4 is 4.74 Å². The fraction of sp³-hybridized carbons (Fsp3) is 0.353. The first-order chi connectivity index (χ1) is 13.6. The first kappa shape index (κ1) is 20.2. The van der Waals surface area contributed by atoms with Crippen LogP contribution in [0.25, 0.3) is 5.69 Å². The summed E-state index contributed by atoms with van der Waals surface area (Å²) in [7, 11) is 1.61. The third-order valence-electron chi connectivity index (χ3n) is 3.74. The molecule has 1 aromatic carbocycles. The Balaban J connectivity index is 1.62. The average Bonchev–Trinajstić information content (AvgIpc) is 3.30. The molecule has 1 amide bonds. The van der Waals surface area contributed by atoms with Crippen LogP contribution in [0.1, 0.15) is 6.92 Å². The van der Waals surface area contributed by atoms with Crippen LogP contribution in [0.4, 0.5) is 0 Å². The Labute approximate surface area is 170 Å². The number of ether oxygens (including phenoxy) is 2. The SMILES string of the molecule is CCOC(=O)/C=C1/SCC(=O)N1CCSc1nnnn1-c1ccc(OC)cc1. The Hall–Kier alpha value is -2.53. The number of hydrogen-bond donors (Lipinski definition) is 0. The van der Waals surface area contributed by atoms with Crippen molar-refractivity contribution in [2.24, 2.45) is 0 Å². The van der Waals surface area contributed by atoms with E-state index in [1.165, 1.54) is 29.6 Å². The second kappa shape index (κ2) is 9.60. The molecule has 1 aromatic heterocycles. The van der Waals surface area contributed by atoms with Gasteiger partial charge in [0.05, 0.1) is 36.3 Å². The molecule has 0 bridgehead atoms. The normalized spacial score (nSPS) is 15.3. The number of aromatic nitrogens is 4. The van der Waals surface area contributed by atoms with Crippen LogP contribution in [0.5, 0.6) is 5.75 Å². The molecule has 0 unspecified atom stereocenters. The number of carbonyl (C=O) groups excluding carboxylic acids is 2. The van der Waals surface area contributed by atoms with Gasteiger partial charge in [0, 0.05) is 12.3 Å². The van der Waals surface area contributed by atoms with Crippen molar-refractivity contribution in [2.45, 2.75) is 12.1 Å². The predicted octanol–water partition coefficient (Wildman–Crippen LogP) is 1.74. The third-order valence-corrected chi connectivity index (χ3v) is 5.67. The lowest BCUT2D eigenvalue weighted by Gasteiger charge is -2.16. The van der Waals surface area contributed by atoms with Crippen molar-refractivity contribution in [3.05, 3.63) is 35.4 Å². The van der Waals surface area contributed by atoms with Gasteiger partial charge >= 0.3 is 5.97 Å². The third kappa shape index (κ3) is 4.84. The van der Waals surface area contributed by atoms with E-state index < -0.39 is 5.97 Å². The van der Waals surface area contributed by atoms with Crippen LogP contribution in [-0.4, -0.2) is 68.8 Å². The molecule has 28 heavy (non-hydrogen) atoms. The van der Waals surface area contributed by atoms with E-state index in [0.717, 1.165) is 11.4 Å². The fourth-order valence-corrected chi connectivity index (χ4v) is 4.21. The first-order valence-electron chi connectivity index (χ1n) is 8.49. The lowest BCUT2D eigenvalue weighted by molar-refractivity contribution is -0.137. The van der Waals surface area contributed by atoms with Crippen molar-refractivity contribution in [2.75, 3.05) is 31.8 Å². The summed E-state index contributed by atoms with van der Waals surface area (Å²) in [5.41, 5.74) is 0.809. The van der Waals surface area contributed by atoms with Gasteiger partial charge in [0.1, 0.15) is 5.75 Å². The number of benzene rings is 1. The molecule has 1 fully saturated rings. The van der Waals surface area contributed by atoms with Crippen LogP contribution in [-0.2, 0) is 14.3 Å². The van der Waals surface area contributed by atoms with Crippen molar-refractivity contribution < 1.29 is 19.1 Å². The maximum Gasteiger partial charge on any atom is 0.333 e. The molecule has 3 rings (SSSR count). The number of tetrazole rings is 1. The zero-order valence-electron chi connectivity index (χ0n) is 15.4. The molecule has 0 spiro atoms. The summed E-state index contributed by atoms with van der Waals surface area (Å²) >= 11 is 2.76. The molecule has 2 heterocycles. The number of hydrogen-bond acceptors (Lipinski definition) is 9. The lowest BCUT2D eigenvalue weighted by atomic mass is 10.3. The Kier molecular flexibility index (Phi) is 6.93. The number of carbonyl (C=O) groups is 2. The van der Waals surface area contributed by atoms with Gasteiger partial charge in [-0.25, -0.2) is 4.79 Å². The summed E-state index contributed by atoms with van der Waals surface area (Å²) in [6, 6.07) is 7.39. The summed E-state index contributed by atoms with van der Waals surface area (Å²) < 4.78 is 11.7. The van der Waals surface area contributed by atoms with Crippen molar-refractivity contribution >= 4 is 35.4 Å². The summed E-state index contributed by atoms with van der Waals surface area (Å²) in [4.78, 5) is 25.4. The Morgan fingerprint density at radius 2 is 2.14 bits per heavy atom. The summed E-state index contributed by atoms with van der Waals surface area (Å²) in [6.07, 6.45) is 1.37. The van der Waals surface area contributed by atoms with Gasteiger partial charge in [0.2, 0.25) is 11.1 Å². The van der Waals surface area contributed by atoms with Gasteiger partial charge in [-0.15, -0.1) is 5.10 Å². The van der Waals surface area contributed by atoms with Crippen molar-refractivity contribution in [1.29, 1.82) is 0 Å². The fourth-order valence-electron chi connectivity index (χ4n) is 2.44. The molecule has 0 radical (unpaired) electrons. The Morgan fingerprint density at radius 3 is 2.86 bits per heavy atom. The number of methoxy groups -OCH3 is 1. The second-order valence-corrected chi connectivity index (χ2v) is 7.55. The van der Waals surface area contributed by atoms with Gasteiger partial charge in [-0.3, -0.25) is 4.79 Å². The molecule has 9 nitrogen and oxygen atoms in total. The van der Waals surface area contributed by atoms with Crippen molar-refractivity contribution in [3.8, 4) is 11.4 Å². The maximum atomic E-state index is 12.1. The molecule has 11 heteroatoms. The zero-order valence-corrected chi connectivity index (χ0v) is 17.0. The van der Waals surface area contributed by atoms with E-state index in [1.807, 2.05) is 24.3 Å². The summed E-state index contributed by atoms with van der Waals surface area (Å²) in [6.45, 7) is 2.48.